The number of hydrogen-bond acceptors (Lipinski definition) is 5. The summed E-state index contributed by atoms with van der Waals surface area (Å²) < 4.78 is 11.5. The highest BCUT2D eigenvalue weighted by atomic mass is 35.5. The van der Waals surface area contributed by atoms with E-state index in [2.05, 4.69) is 10.3 Å². The van der Waals surface area contributed by atoms with Crippen LogP contribution in [-0.4, -0.2) is 24.6 Å². The molecule has 0 saturated heterocycles. The lowest BCUT2D eigenvalue weighted by atomic mass is 10.3. The topological polar surface area (TPSA) is 60.5 Å². The molecule has 0 aliphatic rings. The zero-order valence-corrected chi connectivity index (χ0v) is 13.8. The van der Waals surface area contributed by atoms with E-state index in [4.69, 9.17) is 21.1 Å². The van der Waals surface area contributed by atoms with Crippen molar-refractivity contribution in [3.63, 3.8) is 0 Å². The molecule has 0 radical (unpaired) electrons. The number of nitrogens with one attached hydrogen (secondary N) is 1. The molecule has 3 aromatic rings. The minimum atomic E-state index is -0.280. The van der Waals surface area contributed by atoms with Crippen molar-refractivity contribution >= 4 is 44.2 Å². The number of fused-ring (bicyclic) bond motifs is 1. The van der Waals surface area contributed by atoms with E-state index in [1.54, 1.807) is 37.4 Å². The van der Waals surface area contributed by atoms with Crippen LogP contribution in [0.1, 0.15) is 0 Å². The number of methoxy groups -OCH3 is 1. The molecule has 0 atom stereocenters. The molecular formula is C16H13ClN2O3S. The van der Waals surface area contributed by atoms with Gasteiger partial charge in [0.15, 0.2) is 11.7 Å². The van der Waals surface area contributed by atoms with Gasteiger partial charge < -0.3 is 9.47 Å². The van der Waals surface area contributed by atoms with E-state index in [1.165, 1.54) is 11.3 Å². The highest BCUT2D eigenvalue weighted by molar-refractivity contribution is 7.22. The van der Waals surface area contributed by atoms with Gasteiger partial charge in [-0.05, 0) is 30.3 Å². The van der Waals surface area contributed by atoms with Gasteiger partial charge in [-0.2, -0.15) is 0 Å². The zero-order chi connectivity index (χ0) is 16.2. The van der Waals surface area contributed by atoms with Gasteiger partial charge in [0, 0.05) is 11.1 Å². The van der Waals surface area contributed by atoms with Crippen LogP contribution in [0.2, 0.25) is 5.02 Å². The Bertz CT molecular complexity index is 850. The van der Waals surface area contributed by atoms with Crippen molar-refractivity contribution in [2.24, 2.45) is 0 Å². The molecule has 0 aliphatic carbocycles. The van der Waals surface area contributed by atoms with E-state index in [9.17, 15) is 4.79 Å². The lowest BCUT2D eigenvalue weighted by Crippen LogP contribution is -2.19. The molecular weight excluding hydrogens is 336 g/mol. The standard InChI is InChI=1S/C16H13ClN2O3S/c1-21-11-3-2-4-12(8-11)22-9-15(20)19-16-18-13-6-5-10(17)7-14(13)23-16/h2-8H,9H2,1H3,(H,18,19,20). The second kappa shape index (κ2) is 6.85. The van der Waals surface area contributed by atoms with E-state index in [1.807, 2.05) is 12.1 Å². The first kappa shape index (κ1) is 15.6. The Morgan fingerprint density at radius 3 is 2.91 bits per heavy atom. The van der Waals surface area contributed by atoms with Crippen LogP contribution >= 0.6 is 22.9 Å². The zero-order valence-electron chi connectivity index (χ0n) is 12.2. The van der Waals surface area contributed by atoms with Gasteiger partial charge in [-0.3, -0.25) is 10.1 Å². The van der Waals surface area contributed by atoms with Crippen molar-refractivity contribution in [1.82, 2.24) is 4.98 Å². The van der Waals surface area contributed by atoms with E-state index in [0.29, 0.717) is 21.7 Å². The third-order valence-electron chi connectivity index (χ3n) is 3.01. The predicted octanol–water partition coefficient (Wildman–Crippen LogP) is 3.98. The summed E-state index contributed by atoms with van der Waals surface area (Å²) in [6, 6.07) is 12.5. The molecule has 5 nitrogen and oxygen atoms in total. The highest BCUT2D eigenvalue weighted by Crippen LogP contribution is 2.28. The van der Waals surface area contributed by atoms with Gasteiger partial charge >= 0.3 is 0 Å². The average molecular weight is 349 g/mol. The molecule has 23 heavy (non-hydrogen) atoms. The molecule has 1 amide bonds. The van der Waals surface area contributed by atoms with Crippen LogP contribution in [0.3, 0.4) is 0 Å². The number of hydrogen-bond donors (Lipinski definition) is 1. The number of benzene rings is 2. The number of amides is 1. The van der Waals surface area contributed by atoms with E-state index < -0.39 is 0 Å². The number of carbonyl (C=O) groups excluding carboxylic acids is 1. The summed E-state index contributed by atoms with van der Waals surface area (Å²) in [5.41, 5.74) is 0.795. The quantitative estimate of drug-likeness (QED) is 0.757. The third kappa shape index (κ3) is 3.91. The minimum Gasteiger partial charge on any atom is -0.497 e. The number of halogens is 1. The van der Waals surface area contributed by atoms with Crippen molar-refractivity contribution in [3.8, 4) is 11.5 Å². The van der Waals surface area contributed by atoms with Crippen molar-refractivity contribution in [1.29, 1.82) is 0 Å². The van der Waals surface area contributed by atoms with E-state index >= 15 is 0 Å². The Hall–Kier alpha value is -2.31. The predicted molar refractivity (Wildman–Crippen MR) is 91.7 cm³/mol. The first-order valence-electron chi connectivity index (χ1n) is 6.77. The molecule has 0 spiro atoms. The van der Waals surface area contributed by atoms with Gasteiger partial charge in [-0.15, -0.1) is 0 Å². The van der Waals surface area contributed by atoms with Crippen molar-refractivity contribution in [3.05, 3.63) is 47.5 Å². The van der Waals surface area contributed by atoms with Crippen LogP contribution in [0.5, 0.6) is 11.5 Å². The van der Waals surface area contributed by atoms with Gasteiger partial charge in [0.2, 0.25) is 0 Å². The molecule has 118 valence electrons. The van der Waals surface area contributed by atoms with Crippen molar-refractivity contribution < 1.29 is 14.3 Å². The highest BCUT2D eigenvalue weighted by Gasteiger charge is 2.09. The summed E-state index contributed by atoms with van der Waals surface area (Å²) >= 11 is 7.30. The number of nitrogens with zero attached hydrogens (tertiary/aromatic N) is 1. The number of aromatic nitrogens is 1. The van der Waals surface area contributed by atoms with E-state index in [-0.39, 0.29) is 12.5 Å². The molecule has 0 aliphatic heterocycles. The summed E-state index contributed by atoms with van der Waals surface area (Å²) in [7, 11) is 1.57. The fourth-order valence-corrected chi connectivity index (χ4v) is 3.11. The molecule has 3 rings (SSSR count). The Morgan fingerprint density at radius 1 is 1.26 bits per heavy atom. The summed E-state index contributed by atoms with van der Waals surface area (Å²) in [5, 5.41) is 3.87. The monoisotopic (exact) mass is 348 g/mol. The maximum atomic E-state index is 12.0. The van der Waals surface area contributed by atoms with Crippen molar-refractivity contribution in [2.45, 2.75) is 0 Å². The molecule has 0 unspecified atom stereocenters. The first-order valence-corrected chi connectivity index (χ1v) is 7.96. The smallest absolute Gasteiger partial charge is 0.264 e. The average Bonchev–Trinajstić information content (AvgIpc) is 2.94. The van der Waals surface area contributed by atoms with Crippen LogP contribution in [0.25, 0.3) is 10.2 Å². The maximum Gasteiger partial charge on any atom is 0.264 e. The second-order valence-corrected chi connectivity index (χ2v) is 6.11. The summed E-state index contributed by atoms with van der Waals surface area (Å²) in [6.07, 6.45) is 0. The van der Waals surface area contributed by atoms with Crippen LogP contribution in [0.4, 0.5) is 5.13 Å². The Morgan fingerprint density at radius 2 is 2.09 bits per heavy atom. The molecule has 7 heteroatoms. The first-order chi connectivity index (χ1) is 11.1. The summed E-state index contributed by atoms with van der Waals surface area (Å²) in [6.45, 7) is -0.107. The molecule has 2 aromatic carbocycles. The van der Waals surface area contributed by atoms with Gasteiger partial charge in [0.25, 0.3) is 5.91 Å². The van der Waals surface area contributed by atoms with Crippen LogP contribution in [0, 0.1) is 0 Å². The van der Waals surface area contributed by atoms with Gasteiger partial charge in [-0.1, -0.05) is 29.0 Å². The molecule has 1 heterocycles. The SMILES string of the molecule is COc1cccc(OCC(=O)Nc2nc3ccc(Cl)cc3s2)c1. The van der Waals surface area contributed by atoms with E-state index in [0.717, 1.165) is 10.2 Å². The fourth-order valence-electron chi connectivity index (χ4n) is 1.95. The fraction of sp³-hybridized carbons (Fsp3) is 0.125. The summed E-state index contributed by atoms with van der Waals surface area (Å²) in [5.74, 6) is 0.958. The van der Waals surface area contributed by atoms with Crippen LogP contribution in [-0.2, 0) is 4.79 Å². The normalized spacial score (nSPS) is 10.5. The third-order valence-corrected chi connectivity index (χ3v) is 4.18. The Balaban J connectivity index is 1.61. The van der Waals surface area contributed by atoms with Gasteiger partial charge in [0.05, 0.1) is 17.3 Å². The van der Waals surface area contributed by atoms with Crippen LogP contribution < -0.4 is 14.8 Å². The van der Waals surface area contributed by atoms with Gasteiger partial charge in [0.1, 0.15) is 11.5 Å². The second-order valence-electron chi connectivity index (χ2n) is 4.65. The number of thiazole rings is 1. The largest absolute Gasteiger partial charge is 0.497 e. The number of ether oxygens (including phenoxy) is 2. The Labute approximate surface area is 141 Å². The number of anilines is 1. The van der Waals surface area contributed by atoms with Crippen molar-refractivity contribution in [2.75, 3.05) is 19.0 Å². The lowest BCUT2D eigenvalue weighted by molar-refractivity contribution is -0.118. The molecule has 1 aromatic heterocycles. The molecule has 0 saturated carbocycles. The lowest BCUT2D eigenvalue weighted by Gasteiger charge is -2.07. The molecule has 1 N–H and O–H groups in total. The maximum absolute atomic E-state index is 12.0. The van der Waals surface area contributed by atoms with Crippen LogP contribution in [0.15, 0.2) is 42.5 Å². The van der Waals surface area contributed by atoms with Gasteiger partial charge in [-0.25, -0.2) is 4.98 Å². The minimum absolute atomic E-state index is 0.107. The number of rotatable bonds is 5. The Kier molecular flexibility index (Phi) is 4.64. The number of carbonyl (C=O) groups is 1. The summed E-state index contributed by atoms with van der Waals surface area (Å²) in [4.78, 5) is 16.3. The molecule has 0 bridgehead atoms. The molecule has 0 fully saturated rings.